The summed E-state index contributed by atoms with van der Waals surface area (Å²) in [5.41, 5.74) is -0.175. The Bertz CT molecular complexity index is 322. The van der Waals surface area contributed by atoms with Crippen molar-refractivity contribution < 1.29 is 4.79 Å². The first kappa shape index (κ1) is 11.5. The molecule has 1 amide bonds. The van der Waals surface area contributed by atoms with Crippen molar-refractivity contribution in [1.82, 2.24) is 10.2 Å². The van der Waals surface area contributed by atoms with Gasteiger partial charge in [-0.2, -0.15) is 0 Å². The molecule has 0 aromatic heterocycles. The quantitative estimate of drug-likeness (QED) is 0.757. The standard InChI is InChI=1S/C14H24N2O/c1-10-5-6-12(9-10)16-11(2)15-14(13(16)17)7-3-4-8-14/h10-12,15H,3-9H2,1-2H3. The van der Waals surface area contributed by atoms with Crippen LogP contribution >= 0.6 is 0 Å². The number of hydrogen-bond acceptors (Lipinski definition) is 2. The van der Waals surface area contributed by atoms with Gasteiger partial charge in [0.25, 0.3) is 0 Å². The van der Waals surface area contributed by atoms with E-state index in [1.807, 2.05) is 0 Å². The highest BCUT2D eigenvalue weighted by molar-refractivity contribution is 5.89. The van der Waals surface area contributed by atoms with E-state index in [2.05, 4.69) is 24.1 Å². The van der Waals surface area contributed by atoms with E-state index >= 15 is 0 Å². The fourth-order valence-electron chi connectivity index (χ4n) is 4.20. The summed E-state index contributed by atoms with van der Waals surface area (Å²) in [5, 5.41) is 3.60. The Hall–Kier alpha value is -0.570. The smallest absolute Gasteiger partial charge is 0.244 e. The zero-order chi connectivity index (χ0) is 12.0. The Kier molecular flexibility index (Phi) is 2.69. The Morgan fingerprint density at radius 2 is 1.94 bits per heavy atom. The average Bonchev–Trinajstić information content (AvgIpc) is 2.93. The number of carbonyl (C=O) groups is 1. The molecular formula is C14H24N2O. The maximum absolute atomic E-state index is 12.7. The van der Waals surface area contributed by atoms with Crippen LogP contribution in [0.15, 0.2) is 0 Å². The Morgan fingerprint density at radius 1 is 1.24 bits per heavy atom. The summed E-state index contributed by atoms with van der Waals surface area (Å²) in [7, 11) is 0. The van der Waals surface area contributed by atoms with Crippen LogP contribution in [0.3, 0.4) is 0 Å². The first-order valence-electron chi connectivity index (χ1n) is 7.23. The molecule has 0 bridgehead atoms. The van der Waals surface area contributed by atoms with Crippen LogP contribution in [0.2, 0.25) is 0 Å². The second-order valence-electron chi connectivity index (χ2n) is 6.39. The lowest BCUT2D eigenvalue weighted by Gasteiger charge is -2.28. The molecule has 3 heteroatoms. The largest absolute Gasteiger partial charge is 0.323 e. The van der Waals surface area contributed by atoms with Crippen LogP contribution in [0.1, 0.15) is 58.8 Å². The molecule has 1 saturated heterocycles. The van der Waals surface area contributed by atoms with Gasteiger partial charge >= 0.3 is 0 Å². The summed E-state index contributed by atoms with van der Waals surface area (Å²) >= 11 is 0. The van der Waals surface area contributed by atoms with Gasteiger partial charge in [-0.3, -0.25) is 10.1 Å². The van der Waals surface area contributed by atoms with Gasteiger partial charge in [0.2, 0.25) is 5.91 Å². The molecule has 3 aliphatic rings. The van der Waals surface area contributed by atoms with Gasteiger partial charge < -0.3 is 4.90 Å². The van der Waals surface area contributed by atoms with Gasteiger partial charge in [0.15, 0.2) is 0 Å². The molecule has 2 aliphatic carbocycles. The van der Waals surface area contributed by atoms with Crippen LogP contribution in [0.5, 0.6) is 0 Å². The first-order chi connectivity index (χ1) is 8.12. The van der Waals surface area contributed by atoms with Crippen LogP contribution in [-0.4, -0.2) is 28.6 Å². The molecule has 3 unspecified atom stereocenters. The molecule has 3 rings (SSSR count). The second kappa shape index (κ2) is 3.98. The van der Waals surface area contributed by atoms with E-state index in [1.54, 1.807) is 0 Å². The fourth-order valence-corrected chi connectivity index (χ4v) is 4.20. The minimum Gasteiger partial charge on any atom is -0.323 e. The Morgan fingerprint density at radius 3 is 2.53 bits per heavy atom. The summed E-state index contributed by atoms with van der Waals surface area (Å²) in [4.78, 5) is 14.9. The molecule has 17 heavy (non-hydrogen) atoms. The lowest BCUT2D eigenvalue weighted by Crippen LogP contribution is -2.45. The van der Waals surface area contributed by atoms with E-state index in [4.69, 9.17) is 0 Å². The molecule has 2 saturated carbocycles. The summed E-state index contributed by atoms with van der Waals surface area (Å²) in [5.74, 6) is 1.20. The zero-order valence-corrected chi connectivity index (χ0v) is 11.0. The van der Waals surface area contributed by atoms with E-state index in [1.165, 1.54) is 32.1 Å². The van der Waals surface area contributed by atoms with E-state index in [0.717, 1.165) is 18.8 Å². The third kappa shape index (κ3) is 1.70. The Balaban J connectivity index is 1.79. The maximum atomic E-state index is 12.7. The second-order valence-corrected chi connectivity index (χ2v) is 6.39. The molecular weight excluding hydrogens is 212 g/mol. The number of hydrogen-bond donors (Lipinski definition) is 1. The van der Waals surface area contributed by atoms with Gasteiger partial charge in [0.05, 0.1) is 11.7 Å². The van der Waals surface area contributed by atoms with Gasteiger partial charge in [0.1, 0.15) is 0 Å². The van der Waals surface area contributed by atoms with Gasteiger partial charge in [-0.25, -0.2) is 0 Å². The van der Waals surface area contributed by atoms with Crippen LogP contribution < -0.4 is 5.32 Å². The van der Waals surface area contributed by atoms with E-state index in [-0.39, 0.29) is 11.7 Å². The molecule has 3 nitrogen and oxygen atoms in total. The monoisotopic (exact) mass is 236 g/mol. The van der Waals surface area contributed by atoms with E-state index < -0.39 is 0 Å². The normalized spacial score (nSPS) is 40.7. The minimum absolute atomic E-state index is 0.175. The van der Waals surface area contributed by atoms with Crippen molar-refractivity contribution in [3.8, 4) is 0 Å². The number of amides is 1. The molecule has 0 radical (unpaired) electrons. The maximum Gasteiger partial charge on any atom is 0.244 e. The summed E-state index contributed by atoms with van der Waals surface area (Å²) in [6, 6.07) is 0.500. The zero-order valence-electron chi connectivity index (χ0n) is 11.0. The molecule has 1 spiro atoms. The topological polar surface area (TPSA) is 32.3 Å². The fraction of sp³-hybridized carbons (Fsp3) is 0.929. The Labute approximate surface area is 104 Å². The van der Waals surface area contributed by atoms with Crippen molar-refractivity contribution in [3.05, 3.63) is 0 Å². The molecule has 0 aromatic rings. The summed E-state index contributed by atoms with van der Waals surface area (Å²) < 4.78 is 0. The third-order valence-electron chi connectivity index (χ3n) is 5.06. The van der Waals surface area contributed by atoms with E-state index in [0.29, 0.717) is 11.9 Å². The molecule has 1 N–H and O–H groups in total. The molecule has 3 fully saturated rings. The minimum atomic E-state index is -0.175. The summed E-state index contributed by atoms with van der Waals surface area (Å²) in [6.07, 6.45) is 8.46. The van der Waals surface area contributed by atoms with Crippen LogP contribution in [0.25, 0.3) is 0 Å². The van der Waals surface area contributed by atoms with Gasteiger partial charge in [0, 0.05) is 6.04 Å². The SMILES string of the molecule is CC1CCC(N2C(=O)C3(CCCC3)NC2C)C1. The molecule has 1 heterocycles. The van der Waals surface area contributed by atoms with Gasteiger partial charge in [-0.05, 0) is 44.9 Å². The van der Waals surface area contributed by atoms with Crippen LogP contribution in [-0.2, 0) is 4.79 Å². The lowest BCUT2D eigenvalue weighted by atomic mass is 9.97. The molecule has 0 aromatic carbocycles. The number of carbonyl (C=O) groups excluding carboxylic acids is 1. The van der Waals surface area contributed by atoms with Crippen molar-refractivity contribution in [2.45, 2.75) is 76.5 Å². The number of nitrogens with one attached hydrogen (secondary N) is 1. The van der Waals surface area contributed by atoms with Gasteiger partial charge in [-0.15, -0.1) is 0 Å². The van der Waals surface area contributed by atoms with Crippen molar-refractivity contribution in [1.29, 1.82) is 0 Å². The molecule has 1 aliphatic heterocycles. The highest BCUT2D eigenvalue weighted by atomic mass is 16.2. The van der Waals surface area contributed by atoms with Crippen LogP contribution in [0.4, 0.5) is 0 Å². The highest BCUT2D eigenvalue weighted by Gasteiger charge is 2.53. The van der Waals surface area contributed by atoms with Crippen molar-refractivity contribution in [3.63, 3.8) is 0 Å². The average molecular weight is 236 g/mol. The van der Waals surface area contributed by atoms with Gasteiger partial charge in [-0.1, -0.05) is 19.8 Å². The summed E-state index contributed by atoms with van der Waals surface area (Å²) in [6.45, 7) is 4.47. The molecule has 96 valence electrons. The predicted octanol–water partition coefficient (Wildman–Crippen LogP) is 2.27. The first-order valence-corrected chi connectivity index (χ1v) is 7.23. The van der Waals surface area contributed by atoms with Crippen molar-refractivity contribution in [2.75, 3.05) is 0 Å². The predicted molar refractivity (Wildman–Crippen MR) is 67.4 cm³/mol. The third-order valence-corrected chi connectivity index (χ3v) is 5.06. The lowest BCUT2D eigenvalue weighted by molar-refractivity contribution is -0.135. The van der Waals surface area contributed by atoms with E-state index in [9.17, 15) is 4.79 Å². The van der Waals surface area contributed by atoms with Crippen LogP contribution in [0, 0.1) is 5.92 Å². The molecule has 3 atom stereocenters. The number of rotatable bonds is 1. The highest BCUT2D eigenvalue weighted by Crippen LogP contribution is 2.40. The van der Waals surface area contributed by atoms with Crippen molar-refractivity contribution in [2.24, 2.45) is 5.92 Å². The van der Waals surface area contributed by atoms with Crippen molar-refractivity contribution >= 4 is 5.91 Å². The number of nitrogens with zero attached hydrogens (tertiary/aromatic N) is 1.